The summed E-state index contributed by atoms with van der Waals surface area (Å²) in [6.45, 7) is 2.30. The third-order valence-electron chi connectivity index (χ3n) is 10.5. The van der Waals surface area contributed by atoms with Crippen molar-refractivity contribution in [3.63, 3.8) is 0 Å². The Labute approximate surface area is 301 Å². The summed E-state index contributed by atoms with van der Waals surface area (Å²) in [5, 5.41) is 0. The molecule has 0 aromatic heterocycles. The average molecular weight is 691 g/mol. The van der Waals surface area contributed by atoms with Crippen molar-refractivity contribution in [1.29, 1.82) is 0 Å². The Morgan fingerprint density at radius 1 is 0.354 bits per heavy atom. The first-order valence-electron chi connectivity index (χ1n) is 21.6. The van der Waals surface area contributed by atoms with Crippen molar-refractivity contribution in [1.82, 2.24) is 0 Å². The van der Waals surface area contributed by atoms with Crippen LogP contribution in [0.5, 0.6) is 0 Å². The van der Waals surface area contributed by atoms with Crippen molar-refractivity contribution in [2.45, 2.75) is 249 Å². The summed E-state index contributed by atoms with van der Waals surface area (Å²) < 4.78 is 31.3. The van der Waals surface area contributed by atoms with Crippen LogP contribution in [0.4, 0.5) is 0 Å². The van der Waals surface area contributed by atoms with E-state index in [1.165, 1.54) is 237 Å². The normalized spacial score (nSPS) is 11.9. The molecule has 0 spiro atoms. The van der Waals surface area contributed by atoms with Gasteiger partial charge in [-0.05, 0) is 30.5 Å². The molecule has 0 aliphatic carbocycles. The van der Waals surface area contributed by atoms with Crippen molar-refractivity contribution < 1.29 is 13.0 Å². The lowest BCUT2D eigenvalue weighted by Crippen LogP contribution is -1.98. The second-order valence-corrected chi connectivity index (χ2v) is 16.7. The standard InChI is InChI=1S/C44H82O3S/c1-2-3-4-5-6-7-8-9-10-11-12-13-14-15-16-17-18-19-20-21-22-23-24-25-26-27-28-29-30-31-32-33-34-35-36-37-38-43-39-41-44(42-40-43)48(45,46)47/h39-42H,2-38H2,1H3,(H,45,46,47). The summed E-state index contributed by atoms with van der Waals surface area (Å²) in [6, 6.07) is 6.62. The Balaban J connectivity index is 1.66. The second-order valence-electron chi connectivity index (χ2n) is 15.2. The minimum absolute atomic E-state index is 0.0206. The highest BCUT2D eigenvalue weighted by Crippen LogP contribution is 2.18. The molecule has 0 bridgehead atoms. The highest BCUT2D eigenvalue weighted by molar-refractivity contribution is 7.85. The molecule has 0 heterocycles. The van der Waals surface area contributed by atoms with Crippen molar-refractivity contribution in [2.75, 3.05) is 0 Å². The number of hydrogen-bond donors (Lipinski definition) is 1. The van der Waals surface area contributed by atoms with Gasteiger partial charge >= 0.3 is 0 Å². The maximum atomic E-state index is 11.1. The van der Waals surface area contributed by atoms with Gasteiger partial charge in [-0.25, -0.2) is 0 Å². The van der Waals surface area contributed by atoms with Crippen LogP contribution < -0.4 is 0 Å². The quantitative estimate of drug-likeness (QED) is 0.0555. The first-order chi connectivity index (χ1) is 23.5. The van der Waals surface area contributed by atoms with Gasteiger partial charge in [-0.3, -0.25) is 4.55 Å². The zero-order chi connectivity index (χ0) is 34.6. The lowest BCUT2D eigenvalue weighted by Gasteiger charge is -2.05. The summed E-state index contributed by atoms with van der Waals surface area (Å²) in [7, 11) is -4.08. The third kappa shape index (κ3) is 31.1. The lowest BCUT2D eigenvalue weighted by atomic mass is 10.0. The van der Waals surface area contributed by atoms with Gasteiger partial charge < -0.3 is 0 Å². The summed E-state index contributed by atoms with van der Waals surface area (Å²) in [6.07, 6.45) is 52.5. The van der Waals surface area contributed by atoms with Gasteiger partial charge in [-0.1, -0.05) is 244 Å². The van der Waals surface area contributed by atoms with E-state index in [2.05, 4.69) is 6.92 Å². The first-order valence-corrected chi connectivity index (χ1v) is 23.0. The maximum absolute atomic E-state index is 11.1. The molecular weight excluding hydrogens is 609 g/mol. The highest BCUT2D eigenvalue weighted by atomic mass is 32.2. The van der Waals surface area contributed by atoms with Crippen LogP contribution in [-0.2, 0) is 16.5 Å². The Hall–Kier alpha value is -0.870. The van der Waals surface area contributed by atoms with Gasteiger partial charge in [-0.15, -0.1) is 0 Å². The van der Waals surface area contributed by atoms with E-state index in [0.717, 1.165) is 18.4 Å². The smallest absolute Gasteiger partial charge is 0.282 e. The van der Waals surface area contributed by atoms with Crippen molar-refractivity contribution in [3.8, 4) is 0 Å². The molecule has 0 fully saturated rings. The molecule has 48 heavy (non-hydrogen) atoms. The zero-order valence-electron chi connectivity index (χ0n) is 32.1. The van der Waals surface area contributed by atoms with Gasteiger partial charge in [0.1, 0.15) is 0 Å². The van der Waals surface area contributed by atoms with Crippen molar-refractivity contribution in [2.24, 2.45) is 0 Å². The molecule has 1 aromatic carbocycles. The largest absolute Gasteiger partial charge is 0.294 e. The molecule has 1 rings (SSSR count). The van der Waals surface area contributed by atoms with Crippen LogP contribution in [0, 0.1) is 0 Å². The van der Waals surface area contributed by atoms with E-state index in [-0.39, 0.29) is 4.90 Å². The van der Waals surface area contributed by atoms with Gasteiger partial charge in [0.2, 0.25) is 0 Å². The molecule has 282 valence electrons. The molecule has 4 heteroatoms. The van der Waals surface area contributed by atoms with Gasteiger partial charge in [0.25, 0.3) is 10.1 Å². The van der Waals surface area contributed by atoms with Crippen molar-refractivity contribution in [3.05, 3.63) is 29.8 Å². The van der Waals surface area contributed by atoms with Crippen LogP contribution in [0.15, 0.2) is 29.2 Å². The highest BCUT2D eigenvalue weighted by Gasteiger charge is 2.08. The van der Waals surface area contributed by atoms with Crippen molar-refractivity contribution >= 4 is 10.1 Å². The van der Waals surface area contributed by atoms with Gasteiger partial charge in [0.15, 0.2) is 0 Å². The average Bonchev–Trinajstić information content (AvgIpc) is 3.08. The fraction of sp³-hybridized carbons (Fsp3) is 0.864. The third-order valence-corrected chi connectivity index (χ3v) is 11.4. The van der Waals surface area contributed by atoms with Crippen LogP contribution >= 0.6 is 0 Å². The minimum atomic E-state index is -4.08. The van der Waals surface area contributed by atoms with E-state index in [0.29, 0.717) is 0 Å². The Kier molecular flexibility index (Phi) is 32.5. The molecule has 0 saturated heterocycles. The van der Waals surface area contributed by atoms with E-state index >= 15 is 0 Å². The van der Waals surface area contributed by atoms with Gasteiger partial charge in [0, 0.05) is 0 Å². The van der Waals surface area contributed by atoms with E-state index in [4.69, 9.17) is 4.55 Å². The van der Waals surface area contributed by atoms with Gasteiger partial charge in [-0.2, -0.15) is 8.42 Å². The predicted molar refractivity (Wildman–Crippen MR) is 212 cm³/mol. The first kappa shape index (κ1) is 45.2. The minimum Gasteiger partial charge on any atom is -0.282 e. The second kappa shape index (κ2) is 34.6. The van der Waals surface area contributed by atoms with E-state index in [1.807, 2.05) is 12.1 Å². The summed E-state index contributed by atoms with van der Waals surface area (Å²) in [4.78, 5) is -0.0206. The zero-order valence-corrected chi connectivity index (χ0v) is 33.0. The molecular formula is C44H82O3S. The number of hydrogen-bond acceptors (Lipinski definition) is 2. The summed E-state index contributed by atoms with van der Waals surface area (Å²) in [5.74, 6) is 0. The fourth-order valence-electron chi connectivity index (χ4n) is 7.24. The van der Waals surface area contributed by atoms with Crippen LogP contribution in [0.3, 0.4) is 0 Å². The lowest BCUT2D eigenvalue weighted by molar-refractivity contribution is 0.483. The van der Waals surface area contributed by atoms with E-state index in [9.17, 15) is 8.42 Å². The molecule has 0 unspecified atom stereocenters. The molecule has 0 aliphatic heterocycles. The summed E-state index contributed by atoms with van der Waals surface area (Å²) in [5.41, 5.74) is 1.14. The van der Waals surface area contributed by atoms with Crippen LogP contribution in [-0.4, -0.2) is 13.0 Å². The molecule has 0 amide bonds. The van der Waals surface area contributed by atoms with E-state index < -0.39 is 10.1 Å². The van der Waals surface area contributed by atoms with Gasteiger partial charge in [0.05, 0.1) is 4.90 Å². The molecule has 0 aliphatic rings. The molecule has 3 nitrogen and oxygen atoms in total. The van der Waals surface area contributed by atoms with Crippen LogP contribution in [0.2, 0.25) is 0 Å². The molecule has 1 aromatic rings. The predicted octanol–water partition coefficient (Wildman–Crippen LogP) is 15.5. The summed E-state index contributed by atoms with van der Waals surface area (Å²) >= 11 is 0. The maximum Gasteiger partial charge on any atom is 0.294 e. The monoisotopic (exact) mass is 691 g/mol. The SMILES string of the molecule is CCCCCCCCCCCCCCCCCCCCCCCCCCCCCCCCCCCCCCc1ccc(S(=O)(=O)O)cc1. The molecule has 0 atom stereocenters. The topological polar surface area (TPSA) is 54.4 Å². The van der Waals surface area contributed by atoms with E-state index in [1.54, 1.807) is 0 Å². The Bertz CT molecular complexity index is 879. The Morgan fingerprint density at radius 2 is 0.562 bits per heavy atom. The number of benzene rings is 1. The molecule has 0 saturated carbocycles. The Morgan fingerprint density at radius 3 is 0.771 bits per heavy atom. The number of aryl methyl sites for hydroxylation is 1. The molecule has 1 N–H and O–H groups in total. The van der Waals surface area contributed by atoms with Crippen LogP contribution in [0.1, 0.15) is 244 Å². The van der Waals surface area contributed by atoms with Crippen LogP contribution in [0.25, 0.3) is 0 Å². The molecule has 0 radical (unpaired) electrons. The fourth-order valence-corrected chi connectivity index (χ4v) is 7.72. The number of unbranched alkanes of at least 4 members (excludes halogenated alkanes) is 35. The number of rotatable bonds is 38.